The van der Waals surface area contributed by atoms with Crippen LogP contribution in [0, 0.1) is 5.41 Å². The van der Waals surface area contributed by atoms with E-state index in [1.165, 1.54) is 0 Å². The van der Waals surface area contributed by atoms with Crippen molar-refractivity contribution >= 4 is 24.2 Å². The largest absolute Gasteiger partial charge is 0.353 e. The van der Waals surface area contributed by atoms with Crippen molar-refractivity contribution in [2.24, 2.45) is 5.41 Å². The zero-order valence-corrected chi connectivity index (χ0v) is 16.5. The molecule has 3 unspecified atom stereocenters. The minimum Gasteiger partial charge on any atom is -0.353 e. The van der Waals surface area contributed by atoms with Crippen LogP contribution in [-0.4, -0.2) is 48.4 Å². The maximum absolute atomic E-state index is 12.9. The molecule has 0 bridgehead atoms. The number of carbonyl (C=O) groups is 2. The van der Waals surface area contributed by atoms with Crippen LogP contribution in [0.4, 0.5) is 0 Å². The first kappa shape index (κ1) is 20.7. The van der Waals surface area contributed by atoms with Crippen LogP contribution >= 0.6 is 12.4 Å². The number of nitrogens with one attached hydrogen (secondary N) is 2. The van der Waals surface area contributed by atoms with E-state index in [2.05, 4.69) is 17.6 Å². The Labute approximate surface area is 162 Å². The standard InChI is InChI=1S/C20H29N3O2.ClH/c1-15-13-17(9-11-21-15)22-19(25)20(2)10-6-12-23(14-20)18(24)16-7-4-3-5-8-16;/h3-5,7-8,15,17,21H,6,9-14H2,1-2H3,(H,22,25);1H. The zero-order chi connectivity index (χ0) is 17.9. The molecule has 3 rings (SSSR count). The van der Waals surface area contributed by atoms with Crippen LogP contribution < -0.4 is 10.6 Å². The summed E-state index contributed by atoms with van der Waals surface area (Å²) in [4.78, 5) is 27.5. The lowest BCUT2D eigenvalue weighted by molar-refractivity contribution is -0.133. The predicted octanol–water partition coefficient (Wildman–Crippen LogP) is 2.61. The number of amides is 2. The Morgan fingerprint density at radius 1 is 1.27 bits per heavy atom. The summed E-state index contributed by atoms with van der Waals surface area (Å²) in [5.74, 6) is 0.118. The van der Waals surface area contributed by atoms with Crippen molar-refractivity contribution in [1.82, 2.24) is 15.5 Å². The first-order valence-electron chi connectivity index (χ1n) is 9.37. The highest BCUT2D eigenvalue weighted by molar-refractivity contribution is 5.95. The number of rotatable bonds is 3. The number of halogens is 1. The second-order valence-electron chi connectivity index (χ2n) is 7.81. The van der Waals surface area contributed by atoms with Gasteiger partial charge in [0.15, 0.2) is 0 Å². The molecule has 0 radical (unpaired) electrons. The Kier molecular flexibility index (Phi) is 7.07. The highest BCUT2D eigenvalue weighted by atomic mass is 35.5. The molecule has 2 amide bonds. The summed E-state index contributed by atoms with van der Waals surface area (Å²) in [6.07, 6.45) is 3.64. The molecule has 6 heteroatoms. The monoisotopic (exact) mass is 379 g/mol. The molecule has 26 heavy (non-hydrogen) atoms. The van der Waals surface area contributed by atoms with Gasteiger partial charge >= 0.3 is 0 Å². The van der Waals surface area contributed by atoms with Gasteiger partial charge in [0.25, 0.3) is 5.91 Å². The maximum atomic E-state index is 12.9. The van der Waals surface area contributed by atoms with Crippen LogP contribution in [0.2, 0.25) is 0 Å². The molecule has 0 aromatic heterocycles. The van der Waals surface area contributed by atoms with Gasteiger partial charge in [-0.15, -0.1) is 12.4 Å². The van der Waals surface area contributed by atoms with Gasteiger partial charge in [-0.2, -0.15) is 0 Å². The van der Waals surface area contributed by atoms with Gasteiger partial charge in [0.2, 0.25) is 5.91 Å². The van der Waals surface area contributed by atoms with Gasteiger partial charge in [0.05, 0.1) is 5.41 Å². The van der Waals surface area contributed by atoms with Gasteiger partial charge in [0.1, 0.15) is 0 Å². The second-order valence-corrected chi connectivity index (χ2v) is 7.81. The molecule has 1 aromatic rings. The number of piperidine rings is 2. The SMILES string of the molecule is CC1CC(NC(=O)C2(C)CCCN(C(=O)c3ccccc3)C2)CCN1.Cl. The normalized spacial score (nSPS) is 28.8. The number of benzene rings is 1. The van der Waals surface area contributed by atoms with E-state index in [0.29, 0.717) is 18.2 Å². The quantitative estimate of drug-likeness (QED) is 0.848. The molecule has 2 heterocycles. The zero-order valence-electron chi connectivity index (χ0n) is 15.7. The van der Waals surface area contributed by atoms with Crippen molar-refractivity contribution in [2.75, 3.05) is 19.6 Å². The number of nitrogens with zero attached hydrogens (tertiary/aromatic N) is 1. The summed E-state index contributed by atoms with van der Waals surface area (Å²) in [6, 6.07) is 10.0. The molecule has 0 spiro atoms. The second kappa shape index (κ2) is 8.87. The topological polar surface area (TPSA) is 61.4 Å². The minimum absolute atomic E-state index is 0. The van der Waals surface area contributed by atoms with Crippen LogP contribution in [0.25, 0.3) is 0 Å². The third-order valence-corrected chi connectivity index (χ3v) is 5.51. The fourth-order valence-corrected chi connectivity index (χ4v) is 3.98. The Balaban J connectivity index is 0.00000243. The lowest BCUT2D eigenvalue weighted by atomic mass is 9.80. The minimum atomic E-state index is -0.503. The first-order valence-corrected chi connectivity index (χ1v) is 9.37. The molecular weight excluding hydrogens is 350 g/mol. The molecule has 144 valence electrons. The molecule has 2 fully saturated rings. The molecule has 2 saturated heterocycles. The van der Waals surface area contributed by atoms with Crippen molar-refractivity contribution in [1.29, 1.82) is 0 Å². The lowest BCUT2D eigenvalue weighted by Crippen LogP contribution is -2.55. The Hall–Kier alpha value is -1.59. The highest BCUT2D eigenvalue weighted by Gasteiger charge is 2.40. The van der Waals surface area contributed by atoms with Gasteiger partial charge < -0.3 is 15.5 Å². The van der Waals surface area contributed by atoms with Gasteiger partial charge in [-0.3, -0.25) is 9.59 Å². The fraction of sp³-hybridized carbons (Fsp3) is 0.600. The van der Waals surface area contributed by atoms with E-state index >= 15 is 0 Å². The number of hydrogen-bond acceptors (Lipinski definition) is 3. The molecule has 2 aliphatic rings. The summed E-state index contributed by atoms with van der Waals surface area (Å²) in [5, 5.41) is 6.65. The number of likely N-dealkylation sites (tertiary alicyclic amines) is 1. The van der Waals surface area contributed by atoms with Crippen molar-refractivity contribution in [2.45, 2.75) is 51.6 Å². The molecule has 0 saturated carbocycles. The van der Waals surface area contributed by atoms with E-state index < -0.39 is 5.41 Å². The van der Waals surface area contributed by atoms with E-state index in [0.717, 1.165) is 38.8 Å². The highest BCUT2D eigenvalue weighted by Crippen LogP contribution is 2.31. The predicted molar refractivity (Wildman–Crippen MR) is 106 cm³/mol. The molecule has 1 aromatic carbocycles. The van der Waals surface area contributed by atoms with Crippen molar-refractivity contribution in [3.05, 3.63) is 35.9 Å². The third-order valence-electron chi connectivity index (χ3n) is 5.51. The summed E-state index contributed by atoms with van der Waals surface area (Å²) in [6.45, 7) is 6.31. The molecule has 2 N–H and O–H groups in total. The van der Waals surface area contributed by atoms with E-state index in [1.807, 2.05) is 42.2 Å². The summed E-state index contributed by atoms with van der Waals surface area (Å²) in [5.41, 5.74) is 0.191. The van der Waals surface area contributed by atoms with E-state index in [-0.39, 0.29) is 30.3 Å². The van der Waals surface area contributed by atoms with E-state index in [9.17, 15) is 9.59 Å². The Morgan fingerprint density at radius 2 is 2.00 bits per heavy atom. The van der Waals surface area contributed by atoms with Gasteiger partial charge in [-0.25, -0.2) is 0 Å². The Bertz CT molecular complexity index is 625. The maximum Gasteiger partial charge on any atom is 0.253 e. The number of hydrogen-bond donors (Lipinski definition) is 2. The molecule has 3 atom stereocenters. The molecule has 0 aliphatic carbocycles. The van der Waals surface area contributed by atoms with Crippen LogP contribution in [-0.2, 0) is 4.79 Å². The molecule has 5 nitrogen and oxygen atoms in total. The summed E-state index contributed by atoms with van der Waals surface area (Å²) < 4.78 is 0. The molecule has 2 aliphatic heterocycles. The lowest BCUT2D eigenvalue weighted by Gasteiger charge is -2.40. The van der Waals surface area contributed by atoms with Gasteiger partial charge in [0, 0.05) is 30.7 Å². The average Bonchev–Trinajstić information content (AvgIpc) is 2.62. The van der Waals surface area contributed by atoms with Gasteiger partial charge in [-0.1, -0.05) is 18.2 Å². The van der Waals surface area contributed by atoms with Crippen molar-refractivity contribution < 1.29 is 9.59 Å². The smallest absolute Gasteiger partial charge is 0.253 e. The van der Waals surface area contributed by atoms with Crippen LogP contribution in [0.15, 0.2) is 30.3 Å². The van der Waals surface area contributed by atoms with E-state index in [4.69, 9.17) is 0 Å². The summed E-state index contributed by atoms with van der Waals surface area (Å²) in [7, 11) is 0. The molecular formula is C20H30ClN3O2. The number of carbonyl (C=O) groups excluding carboxylic acids is 2. The van der Waals surface area contributed by atoms with Crippen molar-refractivity contribution in [3.8, 4) is 0 Å². The van der Waals surface area contributed by atoms with Gasteiger partial charge in [-0.05, 0) is 58.2 Å². The first-order chi connectivity index (χ1) is 12.0. The average molecular weight is 380 g/mol. The van der Waals surface area contributed by atoms with E-state index in [1.54, 1.807) is 0 Å². The van der Waals surface area contributed by atoms with Crippen molar-refractivity contribution in [3.63, 3.8) is 0 Å². The third kappa shape index (κ3) is 4.77. The van der Waals surface area contributed by atoms with Crippen LogP contribution in [0.3, 0.4) is 0 Å². The van der Waals surface area contributed by atoms with Crippen LogP contribution in [0.5, 0.6) is 0 Å². The van der Waals surface area contributed by atoms with Crippen LogP contribution in [0.1, 0.15) is 49.9 Å². The Morgan fingerprint density at radius 3 is 2.69 bits per heavy atom. The fourth-order valence-electron chi connectivity index (χ4n) is 3.98. The summed E-state index contributed by atoms with van der Waals surface area (Å²) >= 11 is 0.